The molecule has 1 rings (SSSR count). The van der Waals surface area contributed by atoms with E-state index in [4.69, 9.17) is 0 Å². The Bertz CT molecular complexity index is 259. The van der Waals surface area contributed by atoms with E-state index in [-0.39, 0.29) is 5.54 Å². The first-order valence-electron chi connectivity index (χ1n) is 6.19. The van der Waals surface area contributed by atoms with Crippen LogP contribution in [0, 0.1) is 0 Å². The highest BCUT2D eigenvalue weighted by atomic mass is 32.2. The van der Waals surface area contributed by atoms with Gasteiger partial charge in [-0.2, -0.15) is 0 Å². The maximum atomic E-state index is 11.3. The number of rotatable bonds is 4. The summed E-state index contributed by atoms with van der Waals surface area (Å²) in [5, 5.41) is 3.62. The van der Waals surface area contributed by atoms with Crippen LogP contribution in [0.25, 0.3) is 0 Å². The van der Waals surface area contributed by atoms with Crippen molar-refractivity contribution in [2.75, 3.05) is 25.1 Å². The first-order chi connectivity index (χ1) is 7.38. The van der Waals surface area contributed by atoms with E-state index in [0.29, 0.717) is 12.1 Å². The monoisotopic (exact) mass is 246 g/mol. The van der Waals surface area contributed by atoms with E-state index in [1.807, 2.05) is 0 Å². The van der Waals surface area contributed by atoms with Gasteiger partial charge in [-0.3, -0.25) is 9.11 Å². The van der Waals surface area contributed by atoms with Gasteiger partial charge in [-0.25, -0.2) is 0 Å². The molecule has 1 heterocycles. The van der Waals surface area contributed by atoms with Gasteiger partial charge in [-0.15, -0.1) is 0 Å². The Balaban J connectivity index is 2.65. The van der Waals surface area contributed by atoms with Crippen molar-refractivity contribution in [1.29, 1.82) is 0 Å². The summed E-state index contributed by atoms with van der Waals surface area (Å²) in [5.41, 5.74) is 0.218. The predicted molar refractivity (Wildman–Crippen MR) is 71.3 cm³/mol. The SMILES string of the molecule is CCC1(C)CN(C(C)CS(C)=O)C(C)CN1. The molecule has 1 saturated heterocycles. The number of piperazine rings is 1. The van der Waals surface area contributed by atoms with Gasteiger partial charge >= 0.3 is 0 Å². The van der Waals surface area contributed by atoms with Crippen molar-refractivity contribution >= 4 is 10.8 Å². The van der Waals surface area contributed by atoms with E-state index < -0.39 is 10.8 Å². The van der Waals surface area contributed by atoms with E-state index in [1.165, 1.54) is 0 Å². The van der Waals surface area contributed by atoms with Crippen LogP contribution in [0.3, 0.4) is 0 Å². The maximum absolute atomic E-state index is 11.3. The molecule has 0 radical (unpaired) electrons. The van der Waals surface area contributed by atoms with Gasteiger partial charge in [0.2, 0.25) is 0 Å². The first-order valence-corrected chi connectivity index (χ1v) is 7.91. The van der Waals surface area contributed by atoms with Gasteiger partial charge in [0.05, 0.1) is 0 Å². The molecule has 0 aromatic rings. The van der Waals surface area contributed by atoms with Crippen LogP contribution in [0.5, 0.6) is 0 Å². The van der Waals surface area contributed by atoms with E-state index in [1.54, 1.807) is 6.26 Å². The highest BCUT2D eigenvalue weighted by molar-refractivity contribution is 7.84. The van der Waals surface area contributed by atoms with Crippen molar-refractivity contribution in [3.05, 3.63) is 0 Å². The Morgan fingerprint density at radius 3 is 2.75 bits per heavy atom. The van der Waals surface area contributed by atoms with Crippen LogP contribution >= 0.6 is 0 Å². The number of hydrogen-bond donors (Lipinski definition) is 1. The zero-order valence-electron chi connectivity index (χ0n) is 11.2. The Kier molecular flexibility index (Phi) is 4.95. The first kappa shape index (κ1) is 14.1. The molecule has 0 aromatic carbocycles. The van der Waals surface area contributed by atoms with Crippen LogP contribution in [0.2, 0.25) is 0 Å². The summed E-state index contributed by atoms with van der Waals surface area (Å²) in [6.45, 7) is 11.0. The molecule has 0 spiro atoms. The van der Waals surface area contributed by atoms with E-state index in [2.05, 4.69) is 37.9 Å². The standard InChI is InChI=1S/C12H26N2OS/c1-6-12(4)9-14(10(2)7-13-12)11(3)8-16(5)15/h10-11,13H,6-9H2,1-5H3. The van der Waals surface area contributed by atoms with Crippen LogP contribution in [0.1, 0.15) is 34.1 Å². The predicted octanol–water partition coefficient (Wildman–Crippen LogP) is 1.22. The van der Waals surface area contributed by atoms with Crippen LogP contribution < -0.4 is 5.32 Å². The summed E-state index contributed by atoms with van der Waals surface area (Å²) >= 11 is 0. The summed E-state index contributed by atoms with van der Waals surface area (Å²) in [6.07, 6.45) is 2.93. The van der Waals surface area contributed by atoms with Crippen molar-refractivity contribution < 1.29 is 4.21 Å². The second-order valence-corrected chi connectivity index (χ2v) is 6.89. The van der Waals surface area contributed by atoms with Gasteiger partial charge < -0.3 is 5.32 Å². The third-order valence-electron chi connectivity index (χ3n) is 3.74. The molecule has 0 amide bonds. The van der Waals surface area contributed by atoms with Gasteiger partial charge in [-0.1, -0.05) is 6.92 Å². The van der Waals surface area contributed by atoms with Gasteiger partial charge in [0.1, 0.15) is 0 Å². The van der Waals surface area contributed by atoms with Crippen molar-refractivity contribution in [2.24, 2.45) is 0 Å². The van der Waals surface area contributed by atoms with Gasteiger partial charge in [0.25, 0.3) is 0 Å². The minimum absolute atomic E-state index is 0.218. The van der Waals surface area contributed by atoms with E-state index >= 15 is 0 Å². The van der Waals surface area contributed by atoms with Crippen molar-refractivity contribution in [1.82, 2.24) is 10.2 Å². The maximum Gasteiger partial charge on any atom is 0.0385 e. The second-order valence-electron chi connectivity index (χ2n) is 5.41. The van der Waals surface area contributed by atoms with Gasteiger partial charge in [-0.05, 0) is 27.2 Å². The highest BCUT2D eigenvalue weighted by Gasteiger charge is 2.34. The molecule has 0 aliphatic carbocycles. The number of nitrogens with one attached hydrogen (secondary N) is 1. The Hall–Kier alpha value is 0.0700. The van der Waals surface area contributed by atoms with Gasteiger partial charge in [0, 0.05) is 53.5 Å². The smallest absolute Gasteiger partial charge is 0.0385 e. The molecule has 0 saturated carbocycles. The largest absolute Gasteiger partial charge is 0.309 e. The molecule has 0 aromatic heterocycles. The lowest BCUT2D eigenvalue weighted by molar-refractivity contribution is 0.0678. The van der Waals surface area contributed by atoms with Crippen LogP contribution in [0.4, 0.5) is 0 Å². The molecule has 1 fully saturated rings. The molecule has 3 nitrogen and oxygen atoms in total. The topological polar surface area (TPSA) is 32.3 Å². The molecule has 1 aliphatic heterocycles. The summed E-state index contributed by atoms with van der Waals surface area (Å²) in [6, 6.07) is 0.951. The van der Waals surface area contributed by atoms with Crippen molar-refractivity contribution in [3.8, 4) is 0 Å². The lowest BCUT2D eigenvalue weighted by Gasteiger charge is -2.47. The Labute approximate surface area is 102 Å². The molecular formula is C12H26N2OS. The number of hydrogen-bond acceptors (Lipinski definition) is 3. The quantitative estimate of drug-likeness (QED) is 0.809. The van der Waals surface area contributed by atoms with Crippen molar-refractivity contribution in [3.63, 3.8) is 0 Å². The number of nitrogens with zero attached hydrogens (tertiary/aromatic N) is 1. The van der Waals surface area contributed by atoms with Gasteiger partial charge in [0.15, 0.2) is 0 Å². The second kappa shape index (κ2) is 5.61. The molecule has 1 aliphatic rings. The zero-order valence-corrected chi connectivity index (χ0v) is 12.1. The summed E-state index contributed by atoms with van der Waals surface area (Å²) in [5.74, 6) is 0.782. The lowest BCUT2D eigenvalue weighted by atomic mass is 9.93. The average Bonchev–Trinajstić information content (AvgIpc) is 2.21. The van der Waals surface area contributed by atoms with Crippen LogP contribution in [0.15, 0.2) is 0 Å². The molecule has 96 valence electrons. The minimum atomic E-state index is -0.701. The molecule has 4 heteroatoms. The fourth-order valence-electron chi connectivity index (χ4n) is 2.39. The molecule has 0 bridgehead atoms. The molecule has 4 unspecified atom stereocenters. The third kappa shape index (κ3) is 3.54. The fraction of sp³-hybridized carbons (Fsp3) is 1.00. The average molecular weight is 246 g/mol. The fourth-order valence-corrected chi connectivity index (χ4v) is 3.26. The molecule has 4 atom stereocenters. The Morgan fingerprint density at radius 2 is 2.25 bits per heavy atom. The summed E-state index contributed by atoms with van der Waals surface area (Å²) in [7, 11) is -0.701. The van der Waals surface area contributed by atoms with Crippen molar-refractivity contribution in [2.45, 2.75) is 51.7 Å². The molecule has 16 heavy (non-hydrogen) atoms. The molecular weight excluding hydrogens is 220 g/mol. The minimum Gasteiger partial charge on any atom is -0.309 e. The third-order valence-corrected chi connectivity index (χ3v) is 4.70. The van der Waals surface area contributed by atoms with Crippen LogP contribution in [-0.2, 0) is 10.8 Å². The summed E-state index contributed by atoms with van der Waals surface area (Å²) in [4.78, 5) is 2.50. The molecule has 1 N–H and O–H groups in total. The lowest BCUT2D eigenvalue weighted by Crippen LogP contribution is -2.64. The summed E-state index contributed by atoms with van der Waals surface area (Å²) < 4.78 is 11.3. The normalized spacial score (nSPS) is 35.9. The van der Waals surface area contributed by atoms with E-state index in [9.17, 15) is 4.21 Å². The Morgan fingerprint density at radius 1 is 1.62 bits per heavy atom. The zero-order chi connectivity index (χ0) is 12.3. The van der Waals surface area contributed by atoms with E-state index in [0.717, 1.165) is 25.3 Å². The highest BCUT2D eigenvalue weighted by Crippen LogP contribution is 2.20. The van der Waals surface area contributed by atoms with Crippen LogP contribution in [-0.4, -0.2) is 51.8 Å².